The third kappa shape index (κ3) is 2.73. The van der Waals surface area contributed by atoms with Gasteiger partial charge in [-0.25, -0.2) is 4.98 Å². The fraction of sp³-hybridized carbons (Fsp3) is 0.0526. The van der Waals surface area contributed by atoms with E-state index in [-0.39, 0.29) is 5.95 Å². The number of nitrogens with two attached hydrogens (primary N) is 1. The van der Waals surface area contributed by atoms with Crippen molar-refractivity contribution in [2.45, 2.75) is 6.54 Å². The van der Waals surface area contributed by atoms with Crippen molar-refractivity contribution in [2.75, 3.05) is 11.1 Å². The minimum Gasteiger partial charge on any atom is -0.368 e. The molecule has 0 aliphatic carbocycles. The topological polar surface area (TPSA) is 121 Å². The molecular formula is C19H16N8. The molecular weight excluding hydrogens is 340 g/mol. The summed E-state index contributed by atoms with van der Waals surface area (Å²) < 4.78 is 0. The number of hydrogen-bond donors (Lipinski definition) is 4. The lowest BCUT2D eigenvalue weighted by molar-refractivity contribution is 1.09. The Kier molecular flexibility index (Phi) is 3.46. The van der Waals surface area contributed by atoms with E-state index >= 15 is 0 Å². The monoisotopic (exact) mass is 356 g/mol. The fourth-order valence-corrected chi connectivity index (χ4v) is 3.23. The molecule has 2 aromatic carbocycles. The first-order chi connectivity index (χ1) is 13.3. The molecule has 5 N–H and O–H groups in total. The summed E-state index contributed by atoms with van der Waals surface area (Å²) in [5.41, 5.74) is 10.8. The number of nitrogens with zero attached hydrogens (tertiary/aromatic N) is 4. The molecule has 0 atom stereocenters. The van der Waals surface area contributed by atoms with Gasteiger partial charge in [-0.3, -0.25) is 10.2 Å². The van der Waals surface area contributed by atoms with E-state index in [9.17, 15) is 0 Å². The number of benzene rings is 2. The first kappa shape index (κ1) is 15.3. The predicted octanol–water partition coefficient (Wildman–Crippen LogP) is 3.09. The number of aromatic amines is 2. The van der Waals surface area contributed by atoms with Crippen molar-refractivity contribution >= 4 is 33.6 Å². The molecule has 132 valence electrons. The lowest BCUT2D eigenvalue weighted by atomic mass is 10.1. The molecule has 0 unspecified atom stereocenters. The van der Waals surface area contributed by atoms with E-state index in [4.69, 9.17) is 5.73 Å². The highest BCUT2D eigenvalue weighted by Gasteiger charge is 2.10. The number of nitrogen functional groups attached to an aromatic ring is 1. The van der Waals surface area contributed by atoms with Crippen LogP contribution in [0.15, 0.2) is 54.9 Å². The normalized spacial score (nSPS) is 11.3. The molecule has 0 spiro atoms. The van der Waals surface area contributed by atoms with Gasteiger partial charge in [0.2, 0.25) is 5.95 Å². The van der Waals surface area contributed by atoms with Crippen LogP contribution in [0.25, 0.3) is 33.1 Å². The molecule has 8 nitrogen and oxygen atoms in total. The summed E-state index contributed by atoms with van der Waals surface area (Å²) in [5.74, 6) is 0.933. The maximum absolute atomic E-state index is 5.94. The third-order valence-electron chi connectivity index (χ3n) is 4.55. The lowest BCUT2D eigenvalue weighted by Crippen LogP contribution is -2.05. The van der Waals surface area contributed by atoms with Crippen molar-refractivity contribution in [3.63, 3.8) is 0 Å². The van der Waals surface area contributed by atoms with Crippen molar-refractivity contribution in [3.8, 4) is 11.3 Å². The number of fused-ring (bicyclic) bond motifs is 2. The maximum atomic E-state index is 5.94. The van der Waals surface area contributed by atoms with Crippen LogP contribution < -0.4 is 11.1 Å². The zero-order valence-electron chi connectivity index (χ0n) is 14.3. The number of aromatic nitrogens is 6. The predicted molar refractivity (Wildman–Crippen MR) is 105 cm³/mol. The van der Waals surface area contributed by atoms with Crippen LogP contribution >= 0.6 is 0 Å². The van der Waals surface area contributed by atoms with Gasteiger partial charge in [-0.15, -0.1) is 0 Å². The van der Waals surface area contributed by atoms with Crippen molar-refractivity contribution in [1.29, 1.82) is 0 Å². The largest absolute Gasteiger partial charge is 0.368 e. The zero-order valence-corrected chi connectivity index (χ0v) is 14.3. The second kappa shape index (κ2) is 6.10. The van der Waals surface area contributed by atoms with E-state index in [1.807, 2.05) is 42.6 Å². The van der Waals surface area contributed by atoms with E-state index in [0.29, 0.717) is 12.4 Å². The van der Waals surface area contributed by atoms with Crippen LogP contribution in [0.3, 0.4) is 0 Å². The molecule has 8 heteroatoms. The van der Waals surface area contributed by atoms with Gasteiger partial charge in [-0.05, 0) is 29.8 Å². The third-order valence-corrected chi connectivity index (χ3v) is 4.55. The first-order valence-corrected chi connectivity index (χ1v) is 8.50. The maximum Gasteiger partial charge on any atom is 0.222 e. The van der Waals surface area contributed by atoms with Gasteiger partial charge in [-0.2, -0.15) is 15.2 Å². The summed E-state index contributed by atoms with van der Waals surface area (Å²) in [4.78, 5) is 8.77. The van der Waals surface area contributed by atoms with E-state index in [0.717, 1.165) is 38.6 Å². The summed E-state index contributed by atoms with van der Waals surface area (Å²) >= 11 is 0. The Balaban J connectivity index is 1.52. The Bertz CT molecular complexity index is 1240. The molecule has 0 bridgehead atoms. The minimum atomic E-state index is 0.230. The van der Waals surface area contributed by atoms with Gasteiger partial charge in [0.25, 0.3) is 0 Å². The lowest BCUT2D eigenvalue weighted by Gasteiger charge is -2.11. The molecule has 0 amide bonds. The Morgan fingerprint density at radius 3 is 2.81 bits per heavy atom. The number of nitrogens with one attached hydrogen (secondary N) is 3. The van der Waals surface area contributed by atoms with Crippen LogP contribution in [-0.2, 0) is 6.54 Å². The second-order valence-corrected chi connectivity index (χ2v) is 6.23. The molecule has 0 radical (unpaired) electrons. The highest BCUT2D eigenvalue weighted by molar-refractivity contribution is 5.93. The van der Waals surface area contributed by atoms with Crippen LogP contribution in [0.1, 0.15) is 5.56 Å². The highest BCUT2D eigenvalue weighted by Crippen LogP contribution is 2.27. The molecule has 0 aliphatic rings. The Labute approximate surface area is 153 Å². The summed E-state index contributed by atoms with van der Waals surface area (Å²) in [6, 6.07) is 14.0. The number of H-pyrrole nitrogens is 2. The van der Waals surface area contributed by atoms with Crippen LogP contribution in [0, 0.1) is 0 Å². The first-order valence-electron chi connectivity index (χ1n) is 8.50. The van der Waals surface area contributed by atoms with Crippen molar-refractivity contribution in [2.24, 2.45) is 0 Å². The molecule has 0 aliphatic heterocycles. The molecule has 0 fully saturated rings. The van der Waals surface area contributed by atoms with Gasteiger partial charge >= 0.3 is 0 Å². The van der Waals surface area contributed by atoms with Gasteiger partial charge in [-0.1, -0.05) is 18.2 Å². The molecule has 0 saturated heterocycles. The van der Waals surface area contributed by atoms with Crippen molar-refractivity contribution < 1.29 is 0 Å². The smallest absolute Gasteiger partial charge is 0.222 e. The minimum absolute atomic E-state index is 0.230. The number of hydrogen-bond acceptors (Lipinski definition) is 6. The van der Waals surface area contributed by atoms with Crippen LogP contribution in [-0.4, -0.2) is 30.4 Å². The van der Waals surface area contributed by atoms with Crippen LogP contribution in [0.4, 0.5) is 11.8 Å². The summed E-state index contributed by atoms with van der Waals surface area (Å²) in [6.07, 6.45) is 3.55. The Morgan fingerprint density at radius 1 is 0.963 bits per heavy atom. The molecule has 3 aromatic heterocycles. The van der Waals surface area contributed by atoms with E-state index in [1.54, 1.807) is 6.20 Å². The second-order valence-electron chi connectivity index (χ2n) is 6.23. The van der Waals surface area contributed by atoms with Gasteiger partial charge in [0, 0.05) is 29.1 Å². The average molecular weight is 356 g/mol. The Morgan fingerprint density at radius 2 is 1.93 bits per heavy atom. The summed E-state index contributed by atoms with van der Waals surface area (Å²) in [6.45, 7) is 0.602. The van der Waals surface area contributed by atoms with E-state index < -0.39 is 0 Å². The van der Waals surface area contributed by atoms with E-state index in [2.05, 4.69) is 41.7 Å². The fourth-order valence-electron chi connectivity index (χ4n) is 3.23. The summed E-state index contributed by atoms with van der Waals surface area (Å²) in [7, 11) is 0. The zero-order chi connectivity index (χ0) is 18.2. The molecule has 5 rings (SSSR count). The van der Waals surface area contributed by atoms with Crippen LogP contribution in [0.2, 0.25) is 0 Å². The standard InChI is InChI=1S/C19H16N8/c20-19-24-17-8-11(15-6-7-22-26-15)4-5-13(17)18(25-19)21-9-12-2-1-3-16-14(12)10-23-27-16/h1-8,10H,9H2,(H,22,26)(H,23,27)(H3,20,21,24,25). The molecule has 27 heavy (non-hydrogen) atoms. The van der Waals surface area contributed by atoms with Gasteiger partial charge in [0.15, 0.2) is 0 Å². The van der Waals surface area contributed by atoms with Gasteiger partial charge in [0.05, 0.1) is 22.9 Å². The average Bonchev–Trinajstić information content (AvgIpc) is 3.37. The van der Waals surface area contributed by atoms with Crippen molar-refractivity contribution in [3.05, 3.63) is 60.4 Å². The quantitative estimate of drug-likeness (QED) is 0.393. The summed E-state index contributed by atoms with van der Waals surface area (Å²) in [5, 5.41) is 19.4. The van der Waals surface area contributed by atoms with Gasteiger partial charge < -0.3 is 11.1 Å². The van der Waals surface area contributed by atoms with Gasteiger partial charge in [0.1, 0.15) is 5.82 Å². The molecule has 0 saturated carbocycles. The highest BCUT2D eigenvalue weighted by atomic mass is 15.1. The number of anilines is 2. The Hall–Kier alpha value is -3.94. The molecule has 5 aromatic rings. The SMILES string of the molecule is Nc1nc(NCc2cccc3[nH]ncc23)c2ccc(-c3ccn[nH]3)cc2n1. The van der Waals surface area contributed by atoms with Crippen molar-refractivity contribution in [1.82, 2.24) is 30.4 Å². The van der Waals surface area contributed by atoms with Crippen LogP contribution in [0.5, 0.6) is 0 Å². The molecule has 3 heterocycles. The van der Waals surface area contributed by atoms with E-state index in [1.165, 1.54) is 0 Å². The number of rotatable bonds is 4.